The van der Waals surface area contributed by atoms with Gasteiger partial charge in [-0.1, -0.05) is 11.6 Å². The number of pyridine rings is 1. The molecule has 1 aromatic carbocycles. The Bertz CT molecular complexity index is 841. The number of aromatic amines is 1. The number of rotatable bonds is 3. The first kappa shape index (κ1) is 14.1. The van der Waals surface area contributed by atoms with E-state index in [-0.39, 0.29) is 5.84 Å². The Morgan fingerprint density at radius 1 is 1.27 bits per heavy atom. The first-order valence-corrected chi connectivity index (χ1v) is 6.83. The molecule has 2 aromatic heterocycles. The molecule has 0 bridgehead atoms. The van der Waals surface area contributed by atoms with Gasteiger partial charge >= 0.3 is 0 Å². The van der Waals surface area contributed by atoms with Crippen molar-refractivity contribution < 1.29 is 0 Å². The Morgan fingerprint density at radius 2 is 2.09 bits per heavy atom. The maximum absolute atomic E-state index is 7.73. The third-order valence-electron chi connectivity index (χ3n) is 3.31. The summed E-state index contributed by atoms with van der Waals surface area (Å²) in [4.78, 5) is 4.29. The lowest BCUT2D eigenvalue weighted by atomic mass is 9.97. The minimum absolute atomic E-state index is 0.115. The van der Waals surface area contributed by atoms with Gasteiger partial charge in [0.15, 0.2) is 0 Å². The molecule has 3 aromatic rings. The highest BCUT2D eigenvalue weighted by molar-refractivity contribution is 6.33. The Hall–Kier alpha value is -2.86. The number of nitrogens with two attached hydrogens (primary N) is 2. The number of anilines is 1. The predicted molar refractivity (Wildman–Crippen MR) is 87.7 cm³/mol. The Labute approximate surface area is 131 Å². The molecule has 2 heterocycles. The minimum Gasteiger partial charge on any atom is -0.398 e. The number of nitrogens with zero attached hydrogens (tertiary/aromatic N) is 2. The zero-order chi connectivity index (χ0) is 15.7. The Balaban J connectivity index is 2.29. The van der Waals surface area contributed by atoms with E-state index in [1.807, 2.05) is 6.07 Å². The average molecular weight is 313 g/mol. The van der Waals surface area contributed by atoms with E-state index in [1.165, 1.54) is 0 Å². The number of halogens is 1. The molecule has 110 valence electrons. The second-order valence-corrected chi connectivity index (χ2v) is 5.13. The molecule has 0 unspecified atom stereocenters. The van der Waals surface area contributed by atoms with Crippen LogP contribution in [0.25, 0.3) is 22.4 Å². The molecule has 7 heteroatoms. The summed E-state index contributed by atoms with van der Waals surface area (Å²) in [5.41, 5.74) is 15.5. The van der Waals surface area contributed by atoms with Gasteiger partial charge in [0.2, 0.25) is 0 Å². The summed E-state index contributed by atoms with van der Waals surface area (Å²) < 4.78 is 0. The summed E-state index contributed by atoms with van der Waals surface area (Å²) in [6, 6.07) is 7.09. The van der Waals surface area contributed by atoms with Gasteiger partial charge in [-0.3, -0.25) is 15.5 Å². The summed E-state index contributed by atoms with van der Waals surface area (Å²) in [7, 11) is 0. The molecule has 0 saturated heterocycles. The van der Waals surface area contributed by atoms with Crippen molar-refractivity contribution in [3.05, 3.63) is 53.4 Å². The van der Waals surface area contributed by atoms with Crippen LogP contribution in [0.15, 0.2) is 42.9 Å². The third kappa shape index (κ3) is 2.40. The largest absolute Gasteiger partial charge is 0.398 e. The smallest absolute Gasteiger partial charge is 0.124 e. The average Bonchev–Trinajstić information content (AvgIpc) is 3.02. The highest BCUT2D eigenvalue weighted by Crippen LogP contribution is 2.35. The number of benzene rings is 1. The van der Waals surface area contributed by atoms with Gasteiger partial charge in [-0.15, -0.1) is 0 Å². The van der Waals surface area contributed by atoms with E-state index in [0.29, 0.717) is 22.0 Å². The highest BCUT2D eigenvalue weighted by atomic mass is 35.5. The van der Waals surface area contributed by atoms with Crippen molar-refractivity contribution in [1.82, 2.24) is 15.2 Å². The molecule has 0 spiro atoms. The molecule has 6 nitrogen and oxygen atoms in total. The maximum atomic E-state index is 7.73. The van der Waals surface area contributed by atoms with E-state index in [9.17, 15) is 0 Å². The van der Waals surface area contributed by atoms with E-state index < -0.39 is 0 Å². The molecular weight excluding hydrogens is 300 g/mol. The second-order valence-electron chi connectivity index (χ2n) is 4.72. The monoisotopic (exact) mass is 312 g/mol. The van der Waals surface area contributed by atoms with E-state index in [2.05, 4.69) is 15.2 Å². The highest BCUT2D eigenvalue weighted by Gasteiger charge is 2.15. The van der Waals surface area contributed by atoms with Gasteiger partial charge in [-0.2, -0.15) is 5.10 Å². The van der Waals surface area contributed by atoms with Crippen LogP contribution in [0, 0.1) is 5.41 Å². The van der Waals surface area contributed by atoms with Crippen LogP contribution in [0.4, 0.5) is 5.69 Å². The topological polar surface area (TPSA) is 117 Å². The molecule has 0 aliphatic rings. The van der Waals surface area contributed by atoms with Crippen molar-refractivity contribution in [2.45, 2.75) is 0 Å². The predicted octanol–water partition coefficient (Wildman–Crippen LogP) is 2.66. The fraction of sp³-hybridized carbons (Fsp3) is 0. The van der Waals surface area contributed by atoms with Gasteiger partial charge in [0, 0.05) is 34.6 Å². The molecule has 0 aliphatic heterocycles. The number of hydrogen-bond acceptors (Lipinski definition) is 4. The zero-order valence-electron chi connectivity index (χ0n) is 11.5. The summed E-state index contributed by atoms with van der Waals surface area (Å²) >= 11 is 6.21. The van der Waals surface area contributed by atoms with Crippen LogP contribution in [0.3, 0.4) is 0 Å². The SMILES string of the molecule is N=C(N)c1cc(-c2ncccc2Cl)cc(-c2cn[nH]c2)c1N. The fourth-order valence-electron chi connectivity index (χ4n) is 2.25. The van der Waals surface area contributed by atoms with Crippen LogP contribution >= 0.6 is 11.6 Å². The zero-order valence-corrected chi connectivity index (χ0v) is 12.2. The molecule has 22 heavy (non-hydrogen) atoms. The van der Waals surface area contributed by atoms with Gasteiger partial charge in [-0.05, 0) is 24.3 Å². The lowest BCUT2D eigenvalue weighted by Crippen LogP contribution is -2.14. The van der Waals surface area contributed by atoms with Gasteiger partial charge in [0.1, 0.15) is 5.84 Å². The van der Waals surface area contributed by atoms with E-state index >= 15 is 0 Å². The van der Waals surface area contributed by atoms with Crippen molar-refractivity contribution in [3.63, 3.8) is 0 Å². The lowest BCUT2D eigenvalue weighted by molar-refractivity contribution is 1.09. The molecule has 0 atom stereocenters. The summed E-state index contributed by atoms with van der Waals surface area (Å²) in [6.45, 7) is 0. The van der Waals surface area contributed by atoms with Crippen LogP contribution in [-0.4, -0.2) is 21.0 Å². The summed E-state index contributed by atoms with van der Waals surface area (Å²) in [6.07, 6.45) is 5.03. The van der Waals surface area contributed by atoms with Gasteiger partial charge in [-0.25, -0.2) is 0 Å². The van der Waals surface area contributed by atoms with E-state index in [4.69, 9.17) is 28.5 Å². The summed E-state index contributed by atoms with van der Waals surface area (Å²) in [5, 5.41) is 14.9. The molecule has 0 fully saturated rings. The first-order valence-electron chi connectivity index (χ1n) is 6.46. The van der Waals surface area contributed by atoms with Crippen LogP contribution in [-0.2, 0) is 0 Å². The van der Waals surface area contributed by atoms with Crippen LogP contribution in [0.2, 0.25) is 5.02 Å². The standard InChI is InChI=1S/C15H13ClN6/c16-12-2-1-3-20-14(12)8-4-10(9-6-21-22-7-9)13(17)11(5-8)15(18)19/h1-7H,17H2,(H3,18,19)(H,21,22). The van der Waals surface area contributed by atoms with Crippen LogP contribution in [0.1, 0.15) is 5.56 Å². The third-order valence-corrected chi connectivity index (χ3v) is 3.62. The van der Waals surface area contributed by atoms with Crippen molar-refractivity contribution in [2.24, 2.45) is 5.73 Å². The maximum Gasteiger partial charge on any atom is 0.124 e. The number of nitrogens with one attached hydrogen (secondary N) is 2. The van der Waals surface area contributed by atoms with Crippen molar-refractivity contribution in [3.8, 4) is 22.4 Å². The van der Waals surface area contributed by atoms with Gasteiger partial charge in [0.25, 0.3) is 0 Å². The number of nitrogen functional groups attached to an aromatic ring is 2. The second kappa shape index (κ2) is 5.50. The number of hydrogen-bond donors (Lipinski definition) is 4. The molecular formula is C15H13ClN6. The van der Waals surface area contributed by atoms with E-state index in [1.54, 1.807) is 36.8 Å². The molecule has 0 radical (unpaired) electrons. The van der Waals surface area contributed by atoms with Crippen molar-refractivity contribution in [1.29, 1.82) is 5.41 Å². The number of aromatic nitrogens is 3. The summed E-state index contributed by atoms with van der Waals surface area (Å²) in [5.74, 6) is -0.115. The van der Waals surface area contributed by atoms with Gasteiger partial charge < -0.3 is 11.5 Å². The Kier molecular flexibility index (Phi) is 3.52. The van der Waals surface area contributed by atoms with Gasteiger partial charge in [0.05, 0.1) is 22.6 Å². The molecule has 0 amide bonds. The fourth-order valence-corrected chi connectivity index (χ4v) is 2.48. The van der Waals surface area contributed by atoms with Crippen molar-refractivity contribution >= 4 is 23.1 Å². The van der Waals surface area contributed by atoms with E-state index in [0.717, 1.165) is 16.7 Å². The molecule has 6 N–H and O–H groups in total. The number of amidine groups is 1. The van der Waals surface area contributed by atoms with Crippen molar-refractivity contribution in [2.75, 3.05) is 5.73 Å². The van der Waals surface area contributed by atoms with Crippen LogP contribution in [0.5, 0.6) is 0 Å². The Morgan fingerprint density at radius 3 is 2.73 bits per heavy atom. The van der Waals surface area contributed by atoms with Crippen LogP contribution < -0.4 is 11.5 Å². The lowest BCUT2D eigenvalue weighted by Gasteiger charge is -2.13. The molecule has 3 rings (SSSR count). The number of H-pyrrole nitrogens is 1. The quantitative estimate of drug-likeness (QED) is 0.338. The minimum atomic E-state index is -0.115. The molecule has 0 aliphatic carbocycles. The normalized spacial score (nSPS) is 10.6. The first-order chi connectivity index (χ1) is 10.6. The molecule has 0 saturated carbocycles.